The Kier molecular flexibility index (Phi) is 4.70. The highest BCUT2D eigenvalue weighted by molar-refractivity contribution is 5.38. The number of morpholine rings is 1. The minimum absolute atomic E-state index is 0.0868. The number of ether oxygens (including phenoxy) is 1. The molecule has 5 rings (SSSR count). The molecule has 0 saturated carbocycles. The fourth-order valence-corrected chi connectivity index (χ4v) is 4.86. The molecule has 3 aliphatic rings. The van der Waals surface area contributed by atoms with Crippen molar-refractivity contribution < 1.29 is 17.9 Å². The Labute approximate surface area is 167 Å². The van der Waals surface area contributed by atoms with Crippen LogP contribution < -0.4 is 4.90 Å². The molecule has 3 aliphatic heterocycles. The first-order chi connectivity index (χ1) is 14.0. The molecule has 0 amide bonds. The van der Waals surface area contributed by atoms with E-state index in [-0.39, 0.29) is 12.1 Å². The Balaban J connectivity index is 1.41. The molecule has 4 heterocycles. The van der Waals surface area contributed by atoms with Crippen LogP contribution in [0.25, 0.3) is 0 Å². The molecule has 1 aromatic carbocycles. The maximum Gasteiger partial charge on any atom is 0.416 e. The van der Waals surface area contributed by atoms with Gasteiger partial charge in [-0.05, 0) is 24.5 Å². The number of benzene rings is 1. The van der Waals surface area contributed by atoms with Gasteiger partial charge < -0.3 is 9.64 Å². The number of hydrogen-bond donors (Lipinski definition) is 0. The molecule has 0 aliphatic carbocycles. The molecule has 1 aromatic heterocycles. The van der Waals surface area contributed by atoms with Crippen molar-refractivity contribution >= 4 is 5.95 Å². The summed E-state index contributed by atoms with van der Waals surface area (Å²) in [7, 11) is 0. The molecule has 0 unspecified atom stereocenters. The van der Waals surface area contributed by atoms with E-state index in [1.54, 1.807) is 12.1 Å². The third-order valence-electron chi connectivity index (χ3n) is 6.29. The summed E-state index contributed by atoms with van der Waals surface area (Å²) < 4.78 is 45.7. The molecule has 2 bridgehead atoms. The summed E-state index contributed by atoms with van der Waals surface area (Å²) in [5, 5.41) is 0. The normalized spacial score (nSPS) is 24.6. The molecule has 8 heteroatoms. The highest BCUT2D eigenvalue weighted by atomic mass is 19.4. The molecule has 0 spiro atoms. The highest BCUT2D eigenvalue weighted by Crippen LogP contribution is 2.45. The summed E-state index contributed by atoms with van der Waals surface area (Å²) in [6, 6.07) is 6.21. The van der Waals surface area contributed by atoms with Crippen LogP contribution in [-0.2, 0) is 23.9 Å². The molecule has 2 aromatic rings. The van der Waals surface area contributed by atoms with Gasteiger partial charge in [-0.15, -0.1) is 0 Å². The predicted molar refractivity (Wildman–Crippen MR) is 102 cm³/mol. The van der Waals surface area contributed by atoms with Crippen LogP contribution in [-0.4, -0.2) is 47.2 Å². The molecule has 5 nitrogen and oxygen atoms in total. The lowest BCUT2D eigenvalue weighted by Gasteiger charge is -2.36. The van der Waals surface area contributed by atoms with E-state index in [0.717, 1.165) is 49.6 Å². The molecule has 2 saturated heterocycles. The quantitative estimate of drug-likeness (QED) is 0.782. The van der Waals surface area contributed by atoms with E-state index in [1.807, 2.05) is 6.20 Å². The fraction of sp³-hybridized carbons (Fsp3) is 0.524. The summed E-state index contributed by atoms with van der Waals surface area (Å²) in [6.07, 6.45) is 0.232. The topological polar surface area (TPSA) is 41.5 Å². The lowest BCUT2D eigenvalue weighted by atomic mass is 9.97. The Morgan fingerprint density at radius 2 is 1.90 bits per heavy atom. The van der Waals surface area contributed by atoms with Crippen molar-refractivity contribution in [3.05, 3.63) is 52.8 Å². The Bertz CT molecular complexity index is 898. The van der Waals surface area contributed by atoms with Gasteiger partial charge in [0.1, 0.15) is 0 Å². The first-order valence-electron chi connectivity index (χ1n) is 10.1. The third-order valence-corrected chi connectivity index (χ3v) is 6.29. The molecule has 0 N–H and O–H groups in total. The first kappa shape index (κ1) is 18.8. The van der Waals surface area contributed by atoms with Gasteiger partial charge in [0.25, 0.3) is 0 Å². The highest BCUT2D eigenvalue weighted by Gasteiger charge is 2.42. The monoisotopic (exact) mass is 404 g/mol. The minimum Gasteiger partial charge on any atom is -0.378 e. The third kappa shape index (κ3) is 3.48. The number of halogens is 3. The maximum atomic E-state index is 13.4. The van der Waals surface area contributed by atoms with E-state index in [4.69, 9.17) is 9.72 Å². The molecule has 154 valence electrons. The van der Waals surface area contributed by atoms with Crippen LogP contribution in [0.2, 0.25) is 0 Å². The molecule has 29 heavy (non-hydrogen) atoms. The predicted octanol–water partition coefficient (Wildman–Crippen LogP) is 3.59. The van der Waals surface area contributed by atoms with Crippen LogP contribution in [0.1, 0.15) is 41.3 Å². The van der Waals surface area contributed by atoms with Crippen LogP contribution in [0.15, 0.2) is 30.5 Å². The second kappa shape index (κ2) is 7.25. The van der Waals surface area contributed by atoms with E-state index in [0.29, 0.717) is 25.3 Å². The number of rotatable bonds is 3. The number of nitrogens with zero attached hydrogens (tertiary/aromatic N) is 4. The second-order valence-electron chi connectivity index (χ2n) is 7.95. The largest absolute Gasteiger partial charge is 0.416 e. The van der Waals surface area contributed by atoms with E-state index in [2.05, 4.69) is 14.8 Å². The van der Waals surface area contributed by atoms with Gasteiger partial charge in [-0.2, -0.15) is 13.2 Å². The molecular weight excluding hydrogens is 381 g/mol. The second-order valence-corrected chi connectivity index (χ2v) is 7.95. The molecule has 0 radical (unpaired) electrons. The van der Waals surface area contributed by atoms with Gasteiger partial charge >= 0.3 is 6.18 Å². The fourth-order valence-electron chi connectivity index (χ4n) is 4.86. The van der Waals surface area contributed by atoms with Gasteiger partial charge in [0, 0.05) is 49.9 Å². The van der Waals surface area contributed by atoms with Gasteiger partial charge in [-0.3, -0.25) is 4.90 Å². The van der Waals surface area contributed by atoms with Crippen molar-refractivity contribution in [2.24, 2.45) is 0 Å². The van der Waals surface area contributed by atoms with Crippen LogP contribution in [0.5, 0.6) is 0 Å². The average Bonchev–Trinajstić information content (AvgIpc) is 3.00. The summed E-state index contributed by atoms with van der Waals surface area (Å²) in [4.78, 5) is 13.8. The molecule has 2 fully saturated rings. The van der Waals surface area contributed by atoms with Crippen molar-refractivity contribution in [1.29, 1.82) is 0 Å². The number of anilines is 1. The number of hydrogen-bond acceptors (Lipinski definition) is 5. The molecular formula is C21H23F3N4O. The number of fused-ring (bicyclic) bond motifs is 4. The summed E-state index contributed by atoms with van der Waals surface area (Å²) >= 11 is 0. The minimum atomic E-state index is -4.33. The maximum absolute atomic E-state index is 13.4. The van der Waals surface area contributed by atoms with E-state index in [1.165, 1.54) is 12.1 Å². The van der Waals surface area contributed by atoms with Gasteiger partial charge in [-0.1, -0.05) is 18.2 Å². The zero-order chi connectivity index (χ0) is 20.0. The van der Waals surface area contributed by atoms with E-state index < -0.39 is 11.7 Å². The number of aromatic nitrogens is 2. The van der Waals surface area contributed by atoms with Crippen molar-refractivity contribution in [2.45, 2.75) is 44.1 Å². The average molecular weight is 404 g/mol. The number of alkyl halides is 3. The van der Waals surface area contributed by atoms with Gasteiger partial charge in [0.2, 0.25) is 5.95 Å². The SMILES string of the molecule is FC(F)(F)c1ccccc1CN1[C@@H]2CC[C@@H]1c1cnc(N3CCOCC3)nc1C2. The zero-order valence-corrected chi connectivity index (χ0v) is 16.0. The van der Waals surface area contributed by atoms with Crippen molar-refractivity contribution in [1.82, 2.24) is 14.9 Å². The van der Waals surface area contributed by atoms with E-state index >= 15 is 0 Å². The summed E-state index contributed by atoms with van der Waals surface area (Å²) in [5.74, 6) is 0.738. The molecule has 2 atom stereocenters. The standard InChI is InChI=1S/C21H23F3N4O/c22-21(23,24)17-4-2-1-3-14(17)13-28-15-5-6-19(28)16-12-25-20(26-18(16)11-15)27-7-9-29-10-8-27/h1-4,12,15,19H,5-11,13H2/t15-,19-/m1/s1. The van der Waals surface area contributed by atoms with Crippen LogP contribution in [0, 0.1) is 0 Å². The van der Waals surface area contributed by atoms with Crippen LogP contribution >= 0.6 is 0 Å². The first-order valence-corrected chi connectivity index (χ1v) is 10.1. The van der Waals surface area contributed by atoms with Crippen molar-refractivity contribution in [2.75, 3.05) is 31.2 Å². The summed E-state index contributed by atoms with van der Waals surface area (Å²) in [5.41, 5.74) is 1.92. The smallest absolute Gasteiger partial charge is 0.378 e. The lowest BCUT2D eigenvalue weighted by Crippen LogP contribution is -2.40. The zero-order valence-electron chi connectivity index (χ0n) is 16.0. The summed E-state index contributed by atoms with van der Waals surface area (Å²) in [6.45, 7) is 3.23. The Hall–Kier alpha value is -2.19. The Morgan fingerprint density at radius 1 is 1.10 bits per heavy atom. The lowest BCUT2D eigenvalue weighted by molar-refractivity contribution is -0.138. The van der Waals surface area contributed by atoms with Crippen LogP contribution in [0.4, 0.5) is 19.1 Å². The van der Waals surface area contributed by atoms with Gasteiger partial charge in [0.05, 0.1) is 24.5 Å². The van der Waals surface area contributed by atoms with Gasteiger partial charge in [0.15, 0.2) is 0 Å². The van der Waals surface area contributed by atoms with Gasteiger partial charge in [-0.25, -0.2) is 9.97 Å². The van der Waals surface area contributed by atoms with Crippen molar-refractivity contribution in [3.8, 4) is 0 Å². The van der Waals surface area contributed by atoms with Crippen LogP contribution in [0.3, 0.4) is 0 Å². The van der Waals surface area contributed by atoms with E-state index in [9.17, 15) is 13.2 Å². The van der Waals surface area contributed by atoms with Crippen molar-refractivity contribution in [3.63, 3.8) is 0 Å². The Morgan fingerprint density at radius 3 is 2.69 bits per heavy atom.